The Labute approximate surface area is 103 Å². The van der Waals surface area contributed by atoms with E-state index >= 15 is 0 Å². The topological polar surface area (TPSA) is 41.1 Å². The van der Waals surface area contributed by atoms with Gasteiger partial charge in [0.25, 0.3) is 0 Å². The minimum absolute atomic E-state index is 0.677. The van der Waals surface area contributed by atoms with E-state index in [1.165, 1.54) is 32.2 Å². The maximum atomic E-state index is 4.34. The van der Waals surface area contributed by atoms with E-state index in [0.717, 1.165) is 18.1 Å². The van der Waals surface area contributed by atoms with Gasteiger partial charge in [0.05, 0.1) is 0 Å². The molecule has 0 spiro atoms. The van der Waals surface area contributed by atoms with Crippen molar-refractivity contribution in [3.05, 3.63) is 18.0 Å². The Hall–Kier alpha value is -1.16. The Morgan fingerprint density at radius 2 is 2.12 bits per heavy atom. The van der Waals surface area contributed by atoms with Crippen LogP contribution in [0.15, 0.2) is 12.4 Å². The molecule has 1 N–H and O–H groups in total. The summed E-state index contributed by atoms with van der Waals surface area (Å²) in [5.41, 5.74) is 1.11. The molecule has 0 bridgehead atoms. The zero-order valence-electron chi connectivity index (χ0n) is 10.8. The molecule has 1 unspecified atom stereocenters. The number of anilines is 1. The van der Waals surface area contributed by atoms with Crippen molar-refractivity contribution in [1.29, 1.82) is 0 Å². The van der Waals surface area contributed by atoms with Crippen molar-refractivity contribution in [2.45, 2.75) is 38.6 Å². The van der Waals surface area contributed by atoms with Crippen LogP contribution in [0.3, 0.4) is 0 Å². The van der Waals surface area contributed by atoms with Gasteiger partial charge in [0, 0.05) is 32.0 Å². The minimum Gasteiger partial charge on any atom is -0.344 e. The molecule has 2 heterocycles. The Bertz CT molecular complexity index is 330. The van der Waals surface area contributed by atoms with E-state index in [1.54, 1.807) is 0 Å². The first-order chi connectivity index (χ1) is 8.25. The van der Waals surface area contributed by atoms with Gasteiger partial charge in [0.15, 0.2) is 0 Å². The Morgan fingerprint density at radius 1 is 1.35 bits per heavy atom. The van der Waals surface area contributed by atoms with Crippen LogP contribution < -0.4 is 10.2 Å². The highest BCUT2D eigenvalue weighted by molar-refractivity contribution is 5.27. The van der Waals surface area contributed by atoms with E-state index in [9.17, 15) is 0 Å². The summed E-state index contributed by atoms with van der Waals surface area (Å²) in [6.07, 6.45) is 8.92. The molecule has 0 radical (unpaired) electrons. The van der Waals surface area contributed by atoms with Gasteiger partial charge in [-0.25, -0.2) is 9.97 Å². The lowest BCUT2D eigenvalue weighted by Gasteiger charge is -2.25. The molecule has 1 aliphatic rings. The lowest BCUT2D eigenvalue weighted by molar-refractivity contribution is 0.384. The van der Waals surface area contributed by atoms with Crippen LogP contribution >= 0.6 is 0 Å². The van der Waals surface area contributed by atoms with Gasteiger partial charge in [-0.15, -0.1) is 0 Å². The number of nitrogens with one attached hydrogen (secondary N) is 1. The Morgan fingerprint density at radius 3 is 2.76 bits per heavy atom. The number of aromatic nitrogens is 2. The molecule has 2 rings (SSSR count). The number of piperidine rings is 1. The summed E-state index contributed by atoms with van der Waals surface area (Å²) >= 11 is 0. The van der Waals surface area contributed by atoms with Crippen molar-refractivity contribution in [2.24, 2.45) is 0 Å². The molecule has 94 valence electrons. The van der Waals surface area contributed by atoms with Crippen LogP contribution in [0, 0.1) is 6.92 Å². The quantitative estimate of drug-likeness (QED) is 0.862. The first-order valence-electron chi connectivity index (χ1n) is 6.49. The predicted octanol–water partition coefficient (Wildman–Crippen LogP) is 1.75. The minimum atomic E-state index is 0.677. The lowest BCUT2D eigenvalue weighted by atomic mass is 10.0. The molecule has 0 aromatic carbocycles. The smallest absolute Gasteiger partial charge is 0.224 e. The number of aryl methyl sites for hydroxylation is 1. The van der Waals surface area contributed by atoms with E-state index < -0.39 is 0 Å². The number of hydrogen-bond acceptors (Lipinski definition) is 4. The van der Waals surface area contributed by atoms with Gasteiger partial charge in [-0.3, -0.25) is 0 Å². The third-order valence-electron chi connectivity index (χ3n) is 3.33. The van der Waals surface area contributed by atoms with Crippen molar-refractivity contribution < 1.29 is 0 Å². The monoisotopic (exact) mass is 234 g/mol. The average Bonchev–Trinajstić information content (AvgIpc) is 2.38. The van der Waals surface area contributed by atoms with Gasteiger partial charge >= 0.3 is 0 Å². The fourth-order valence-electron chi connectivity index (χ4n) is 2.20. The van der Waals surface area contributed by atoms with Crippen LogP contribution in [-0.2, 0) is 0 Å². The SMILES string of the molecule is Cc1cnc(N(C)CCC2CCCCN2)nc1. The summed E-state index contributed by atoms with van der Waals surface area (Å²) in [5, 5.41) is 3.57. The van der Waals surface area contributed by atoms with Crippen LogP contribution in [-0.4, -0.2) is 36.1 Å². The average molecular weight is 234 g/mol. The lowest BCUT2D eigenvalue weighted by Crippen LogP contribution is -2.37. The standard InChI is InChI=1S/C13H22N4/c1-11-9-15-13(16-10-11)17(2)8-6-12-5-3-4-7-14-12/h9-10,12,14H,3-8H2,1-2H3. The van der Waals surface area contributed by atoms with Crippen molar-refractivity contribution in [1.82, 2.24) is 15.3 Å². The van der Waals surface area contributed by atoms with Crippen LogP contribution in [0.25, 0.3) is 0 Å². The van der Waals surface area contributed by atoms with E-state index in [0.29, 0.717) is 6.04 Å². The molecule has 1 aromatic heterocycles. The molecule has 4 heteroatoms. The molecular formula is C13H22N4. The van der Waals surface area contributed by atoms with Crippen molar-refractivity contribution >= 4 is 5.95 Å². The summed E-state index contributed by atoms with van der Waals surface area (Å²) in [6.45, 7) is 4.20. The Kier molecular flexibility index (Phi) is 4.31. The van der Waals surface area contributed by atoms with Crippen molar-refractivity contribution in [3.63, 3.8) is 0 Å². The van der Waals surface area contributed by atoms with Crippen molar-refractivity contribution in [3.8, 4) is 0 Å². The molecule has 1 fully saturated rings. The predicted molar refractivity (Wildman–Crippen MR) is 70.3 cm³/mol. The maximum Gasteiger partial charge on any atom is 0.224 e. The summed E-state index contributed by atoms with van der Waals surface area (Å²) < 4.78 is 0. The molecule has 1 aromatic rings. The second kappa shape index (κ2) is 5.96. The fourth-order valence-corrected chi connectivity index (χ4v) is 2.20. The number of hydrogen-bond donors (Lipinski definition) is 1. The molecule has 1 saturated heterocycles. The molecule has 1 atom stereocenters. The largest absolute Gasteiger partial charge is 0.344 e. The third-order valence-corrected chi connectivity index (χ3v) is 3.33. The molecule has 0 amide bonds. The summed E-state index contributed by atoms with van der Waals surface area (Å²) in [4.78, 5) is 10.8. The van der Waals surface area contributed by atoms with E-state index in [1.807, 2.05) is 19.3 Å². The highest BCUT2D eigenvalue weighted by Crippen LogP contribution is 2.12. The van der Waals surface area contributed by atoms with Gasteiger partial charge in [-0.1, -0.05) is 6.42 Å². The molecular weight excluding hydrogens is 212 g/mol. The first-order valence-corrected chi connectivity index (χ1v) is 6.49. The van der Waals surface area contributed by atoms with Gasteiger partial charge in [0.2, 0.25) is 5.95 Å². The highest BCUT2D eigenvalue weighted by atomic mass is 15.2. The summed E-state index contributed by atoms with van der Waals surface area (Å²) in [6, 6.07) is 0.677. The molecule has 0 saturated carbocycles. The van der Waals surface area contributed by atoms with E-state index in [2.05, 4.69) is 27.2 Å². The molecule has 17 heavy (non-hydrogen) atoms. The van der Waals surface area contributed by atoms with Crippen LogP contribution in [0.5, 0.6) is 0 Å². The summed E-state index contributed by atoms with van der Waals surface area (Å²) in [7, 11) is 2.06. The maximum absolute atomic E-state index is 4.34. The molecule has 1 aliphatic heterocycles. The Balaban J connectivity index is 1.80. The van der Waals surface area contributed by atoms with Gasteiger partial charge in [-0.05, 0) is 38.3 Å². The number of nitrogens with zero attached hydrogens (tertiary/aromatic N) is 3. The molecule has 4 nitrogen and oxygen atoms in total. The van der Waals surface area contributed by atoms with Crippen LogP contribution in [0.4, 0.5) is 5.95 Å². The normalized spacial score (nSPS) is 20.2. The first kappa shape index (κ1) is 12.3. The van der Waals surface area contributed by atoms with Gasteiger partial charge in [0.1, 0.15) is 0 Å². The van der Waals surface area contributed by atoms with E-state index in [4.69, 9.17) is 0 Å². The van der Waals surface area contributed by atoms with Crippen LogP contribution in [0.1, 0.15) is 31.2 Å². The van der Waals surface area contributed by atoms with Gasteiger partial charge in [-0.2, -0.15) is 0 Å². The van der Waals surface area contributed by atoms with E-state index in [-0.39, 0.29) is 0 Å². The van der Waals surface area contributed by atoms with Gasteiger partial charge < -0.3 is 10.2 Å². The summed E-state index contributed by atoms with van der Waals surface area (Å²) in [5.74, 6) is 0.825. The number of rotatable bonds is 4. The third kappa shape index (κ3) is 3.66. The second-order valence-corrected chi connectivity index (χ2v) is 4.92. The molecule has 0 aliphatic carbocycles. The zero-order valence-corrected chi connectivity index (χ0v) is 10.8. The van der Waals surface area contributed by atoms with Crippen molar-refractivity contribution in [2.75, 3.05) is 25.0 Å². The van der Waals surface area contributed by atoms with Crippen LogP contribution in [0.2, 0.25) is 0 Å². The second-order valence-electron chi connectivity index (χ2n) is 4.92. The fraction of sp³-hybridized carbons (Fsp3) is 0.692. The highest BCUT2D eigenvalue weighted by Gasteiger charge is 2.13. The zero-order chi connectivity index (χ0) is 12.1.